The van der Waals surface area contributed by atoms with Gasteiger partial charge in [-0.1, -0.05) is 0 Å². The minimum atomic E-state index is -0.586. The molecule has 1 fully saturated rings. The Kier molecular flexibility index (Phi) is 3.30. The van der Waals surface area contributed by atoms with Crippen LogP contribution in [0.15, 0.2) is 6.20 Å². The van der Waals surface area contributed by atoms with Gasteiger partial charge in [0.1, 0.15) is 6.04 Å². The molecule has 1 atom stereocenters. The maximum Gasteiger partial charge on any atom is 0.242 e. The summed E-state index contributed by atoms with van der Waals surface area (Å²) in [6.07, 6.45) is 1.40. The number of rotatable bonds is 2. The van der Waals surface area contributed by atoms with Crippen molar-refractivity contribution in [2.75, 3.05) is 30.4 Å². The van der Waals surface area contributed by atoms with Gasteiger partial charge in [0.2, 0.25) is 11.2 Å². The van der Waals surface area contributed by atoms with Crippen molar-refractivity contribution in [1.82, 2.24) is 9.97 Å². The van der Waals surface area contributed by atoms with Gasteiger partial charge >= 0.3 is 0 Å². The number of carbonyl (C=O) groups excluding carboxylic acids is 1. The third-order valence-corrected chi connectivity index (χ3v) is 2.68. The topological polar surface area (TPSA) is 107 Å². The van der Waals surface area contributed by atoms with Crippen molar-refractivity contribution in [3.63, 3.8) is 0 Å². The number of halogens is 1. The largest absolute Gasteiger partial charge is 0.394 e. The third kappa shape index (κ3) is 2.40. The molecule has 8 heteroatoms. The van der Waals surface area contributed by atoms with E-state index in [1.165, 1.54) is 6.20 Å². The van der Waals surface area contributed by atoms with Crippen molar-refractivity contribution >= 4 is 29.0 Å². The first-order valence-corrected chi connectivity index (χ1v) is 5.39. The summed E-state index contributed by atoms with van der Waals surface area (Å²) >= 11 is 5.71. The number of hydrogen-bond donors (Lipinski definition) is 2. The normalized spacial score (nSPS) is 20.3. The molecule has 0 bridgehead atoms. The summed E-state index contributed by atoms with van der Waals surface area (Å²) < 4.78 is 5.21. The number of aromatic nitrogens is 2. The van der Waals surface area contributed by atoms with E-state index in [4.69, 9.17) is 27.8 Å². The summed E-state index contributed by atoms with van der Waals surface area (Å²) in [4.78, 5) is 20.8. The number of hydrogen-bond acceptors (Lipinski definition) is 6. The molecule has 92 valence electrons. The molecule has 0 aromatic carbocycles. The van der Waals surface area contributed by atoms with Crippen LogP contribution in [0.3, 0.4) is 0 Å². The lowest BCUT2D eigenvalue weighted by molar-refractivity contribution is -0.121. The zero-order valence-corrected chi connectivity index (χ0v) is 9.72. The smallest absolute Gasteiger partial charge is 0.242 e. The van der Waals surface area contributed by atoms with Crippen molar-refractivity contribution in [3.8, 4) is 0 Å². The summed E-state index contributed by atoms with van der Waals surface area (Å²) in [6.45, 7) is 1.17. The predicted octanol–water partition coefficient (Wildman–Crippen LogP) is -0.597. The molecule has 1 saturated heterocycles. The van der Waals surface area contributed by atoms with Gasteiger partial charge in [-0.05, 0) is 11.6 Å². The SMILES string of the molecule is NC(=O)C1COCCN1c1nc(Cl)ncc1N. The zero-order valence-electron chi connectivity index (χ0n) is 8.97. The first-order chi connectivity index (χ1) is 8.09. The molecule has 1 amide bonds. The van der Waals surface area contributed by atoms with E-state index in [2.05, 4.69) is 9.97 Å². The van der Waals surface area contributed by atoms with Crippen LogP contribution in [0.1, 0.15) is 0 Å². The Balaban J connectivity index is 2.35. The van der Waals surface area contributed by atoms with E-state index in [-0.39, 0.29) is 11.9 Å². The maximum absolute atomic E-state index is 11.3. The van der Waals surface area contributed by atoms with Gasteiger partial charge in [-0.3, -0.25) is 4.79 Å². The van der Waals surface area contributed by atoms with Crippen LogP contribution in [0.4, 0.5) is 11.5 Å². The van der Waals surface area contributed by atoms with E-state index in [0.29, 0.717) is 24.7 Å². The van der Waals surface area contributed by atoms with Crippen molar-refractivity contribution in [3.05, 3.63) is 11.5 Å². The zero-order chi connectivity index (χ0) is 12.4. The fraction of sp³-hybridized carbons (Fsp3) is 0.444. The molecule has 2 heterocycles. The minimum Gasteiger partial charge on any atom is -0.394 e. The number of carbonyl (C=O) groups is 1. The predicted molar refractivity (Wildman–Crippen MR) is 62.6 cm³/mol. The van der Waals surface area contributed by atoms with E-state index in [0.717, 1.165) is 0 Å². The number of ether oxygens (including phenoxy) is 1. The second kappa shape index (κ2) is 4.72. The Morgan fingerprint density at radius 1 is 1.65 bits per heavy atom. The van der Waals surface area contributed by atoms with Gasteiger partial charge in [0.25, 0.3) is 0 Å². The van der Waals surface area contributed by atoms with Crippen LogP contribution in [0.2, 0.25) is 5.28 Å². The molecule has 0 aliphatic carbocycles. The lowest BCUT2D eigenvalue weighted by atomic mass is 10.2. The molecule has 1 aliphatic rings. The van der Waals surface area contributed by atoms with Crippen LogP contribution in [0.25, 0.3) is 0 Å². The monoisotopic (exact) mass is 257 g/mol. The molecule has 4 N–H and O–H groups in total. The summed E-state index contributed by atoms with van der Waals surface area (Å²) in [5.74, 6) is -0.0732. The Labute approximate surface area is 103 Å². The second-order valence-electron chi connectivity index (χ2n) is 3.60. The van der Waals surface area contributed by atoms with Crippen LogP contribution in [0, 0.1) is 0 Å². The van der Waals surface area contributed by atoms with E-state index in [1.54, 1.807) is 4.90 Å². The fourth-order valence-corrected chi connectivity index (χ4v) is 1.81. The summed E-state index contributed by atoms with van der Waals surface area (Å²) in [5, 5.41) is 0.0731. The molecular weight excluding hydrogens is 246 g/mol. The number of amides is 1. The molecule has 1 aromatic rings. The van der Waals surface area contributed by atoms with Crippen LogP contribution in [0.5, 0.6) is 0 Å². The van der Waals surface area contributed by atoms with E-state index >= 15 is 0 Å². The van der Waals surface area contributed by atoms with Gasteiger partial charge in [0.15, 0.2) is 5.82 Å². The van der Waals surface area contributed by atoms with Gasteiger partial charge in [0.05, 0.1) is 25.1 Å². The van der Waals surface area contributed by atoms with Crippen LogP contribution in [-0.4, -0.2) is 41.7 Å². The van der Waals surface area contributed by atoms with E-state index in [1.807, 2.05) is 0 Å². The average molecular weight is 258 g/mol. The lowest BCUT2D eigenvalue weighted by Crippen LogP contribution is -2.53. The molecule has 17 heavy (non-hydrogen) atoms. The average Bonchev–Trinajstić information content (AvgIpc) is 2.32. The summed E-state index contributed by atoms with van der Waals surface area (Å²) in [5.41, 5.74) is 11.4. The maximum atomic E-state index is 11.3. The minimum absolute atomic E-state index is 0.0731. The van der Waals surface area contributed by atoms with Crippen molar-refractivity contribution in [2.24, 2.45) is 5.73 Å². The third-order valence-electron chi connectivity index (χ3n) is 2.50. The molecule has 2 rings (SSSR count). The summed E-state index contributed by atoms with van der Waals surface area (Å²) in [7, 11) is 0. The van der Waals surface area contributed by atoms with Gasteiger partial charge in [-0.2, -0.15) is 4.98 Å². The molecule has 0 saturated carbocycles. The highest BCUT2D eigenvalue weighted by Gasteiger charge is 2.30. The Morgan fingerprint density at radius 2 is 2.41 bits per heavy atom. The number of anilines is 2. The number of primary amides is 1. The summed E-state index contributed by atoms with van der Waals surface area (Å²) in [6, 6.07) is -0.586. The standard InChI is InChI=1S/C9H12ClN5O2/c10-9-13-3-5(11)8(14-9)15-1-2-17-4-6(15)7(12)16/h3,6H,1-2,4,11H2,(H2,12,16). The van der Waals surface area contributed by atoms with Crippen molar-refractivity contribution in [1.29, 1.82) is 0 Å². The quantitative estimate of drug-likeness (QED) is 0.685. The highest BCUT2D eigenvalue weighted by molar-refractivity contribution is 6.28. The van der Waals surface area contributed by atoms with E-state index < -0.39 is 11.9 Å². The Hall–Kier alpha value is -1.60. The van der Waals surface area contributed by atoms with Gasteiger partial charge < -0.3 is 21.1 Å². The highest BCUT2D eigenvalue weighted by Crippen LogP contribution is 2.24. The van der Waals surface area contributed by atoms with Crippen LogP contribution >= 0.6 is 11.6 Å². The lowest BCUT2D eigenvalue weighted by Gasteiger charge is -2.34. The van der Waals surface area contributed by atoms with E-state index in [9.17, 15) is 4.79 Å². The Bertz CT molecular complexity index is 441. The number of nitrogen functional groups attached to an aromatic ring is 1. The number of morpholine rings is 1. The molecule has 1 unspecified atom stereocenters. The number of nitrogens with zero attached hydrogens (tertiary/aromatic N) is 3. The highest BCUT2D eigenvalue weighted by atomic mass is 35.5. The molecule has 1 aliphatic heterocycles. The van der Waals surface area contributed by atoms with Crippen molar-refractivity contribution < 1.29 is 9.53 Å². The van der Waals surface area contributed by atoms with Gasteiger partial charge in [-0.15, -0.1) is 0 Å². The Morgan fingerprint density at radius 3 is 3.12 bits per heavy atom. The van der Waals surface area contributed by atoms with Crippen LogP contribution < -0.4 is 16.4 Å². The molecule has 1 aromatic heterocycles. The molecule has 0 spiro atoms. The van der Waals surface area contributed by atoms with Gasteiger partial charge in [0, 0.05) is 6.54 Å². The first kappa shape index (κ1) is 11.9. The molecule has 7 nitrogen and oxygen atoms in total. The first-order valence-electron chi connectivity index (χ1n) is 5.01. The molecule has 0 radical (unpaired) electrons. The fourth-order valence-electron chi connectivity index (χ4n) is 1.68. The van der Waals surface area contributed by atoms with Gasteiger partial charge in [-0.25, -0.2) is 4.98 Å². The second-order valence-corrected chi connectivity index (χ2v) is 3.94. The van der Waals surface area contributed by atoms with Crippen LogP contribution in [-0.2, 0) is 9.53 Å². The number of nitrogens with two attached hydrogens (primary N) is 2. The van der Waals surface area contributed by atoms with Crippen molar-refractivity contribution in [2.45, 2.75) is 6.04 Å². The molecular formula is C9H12ClN5O2.